The van der Waals surface area contributed by atoms with Gasteiger partial charge in [-0.2, -0.15) is 0 Å². The first kappa shape index (κ1) is 23.1. The first-order valence-electron chi connectivity index (χ1n) is 9.85. The van der Waals surface area contributed by atoms with E-state index in [0.29, 0.717) is 22.0 Å². The summed E-state index contributed by atoms with van der Waals surface area (Å²) in [6, 6.07) is 11.0. The van der Waals surface area contributed by atoms with Crippen molar-refractivity contribution in [1.82, 2.24) is 15.0 Å². The first-order chi connectivity index (χ1) is 15.2. The molecule has 0 aliphatic carbocycles. The zero-order valence-corrected chi connectivity index (χ0v) is 19.1. The number of hydrogen-bond acceptors (Lipinski definition) is 7. The van der Waals surface area contributed by atoms with Gasteiger partial charge in [-0.1, -0.05) is 17.8 Å². The number of imide groups is 1. The van der Waals surface area contributed by atoms with E-state index in [4.69, 9.17) is 0 Å². The Bertz CT molecular complexity index is 1150. The van der Waals surface area contributed by atoms with Gasteiger partial charge in [0.15, 0.2) is 0 Å². The van der Waals surface area contributed by atoms with Gasteiger partial charge in [-0.05, 0) is 55.3 Å². The molecule has 2 heterocycles. The van der Waals surface area contributed by atoms with E-state index in [1.165, 1.54) is 31.8 Å². The Kier molecular flexibility index (Phi) is 7.32. The minimum absolute atomic E-state index is 0.0249. The van der Waals surface area contributed by atoms with Gasteiger partial charge < -0.3 is 5.32 Å². The van der Waals surface area contributed by atoms with E-state index in [9.17, 15) is 14.4 Å². The molecule has 0 radical (unpaired) electrons. The second-order valence-corrected chi connectivity index (χ2v) is 8.16. The number of nitrogens with zero attached hydrogens (tertiary/aromatic N) is 4. The number of nitrogens with one attached hydrogen (secondary N) is 1. The van der Waals surface area contributed by atoms with Crippen LogP contribution in [0.25, 0.3) is 0 Å². The highest BCUT2D eigenvalue weighted by Crippen LogP contribution is 2.25. The number of carbonyl (C=O) groups excluding carboxylic acids is 3. The molecule has 0 aliphatic heterocycles. The van der Waals surface area contributed by atoms with Crippen molar-refractivity contribution < 1.29 is 14.4 Å². The number of amides is 3. The molecule has 0 saturated heterocycles. The molecule has 0 saturated carbocycles. The zero-order chi connectivity index (χ0) is 23.3. The molecule has 3 rings (SSSR count). The maximum atomic E-state index is 12.9. The molecule has 1 N–H and O–H groups in total. The standard InChI is InChI=1S/C23H23N5O3S/c1-14-10-15(2)12-19(11-14)26-21(31)20-6-5-8-24-22(20)32-13-18-7-9-25-23(27-18)28(16(3)29)17(4)30/h5-12H,13H2,1-4H3,(H,26,31). The van der Waals surface area contributed by atoms with Crippen molar-refractivity contribution in [2.24, 2.45) is 0 Å². The average Bonchev–Trinajstić information content (AvgIpc) is 2.71. The number of aromatic nitrogens is 3. The Balaban J connectivity index is 1.77. The van der Waals surface area contributed by atoms with Gasteiger partial charge in [0.2, 0.25) is 17.8 Å². The molecular weight excluding hydrogens is 426 g/mol. The van der Waals surface area contributed by atoms with E-state index in [2.05, 4.69) is 20.3 Å². The maximum absolute atomic E-state index is 12.9. The molecule has 1 aromatic carbocycles. The van der Waals surface area contributed by atoms with Crippen molar-refractivity contribution in [1.29, 1.82) is 0 Å². The van der Waals surface area contributed by atoms with Crippen LogP contribution in [0.3, 0.4) is 0 Å². The summed E-state index contributed by atoms with van der Waals surface area (Å²) in [6.45, 7) is 6.51. The molecule has 0 aliphatic rings. The Labute approximate surface area is 190 Å². The lowest BCUT2D eigenvalue weighted by Gasteiger charge is -2.15. The Morgan fingerprint density at radius 3 is 2.31 bits per heavy atom. The van der Waals surface area contributed by atoms with E-state index in [-0.39, 0.29) is 11.9 Å². The minimum atomic E-state index is -0.461. The fraction of sp³-hybridized carbons (Fsp3) is 0.217. The van der Waals surface area contributed by atoms with Crippen molar-refractivity contribution in [3.63, 3.8) is 0 Å². The average molecular weight is 450 g/mol. The van der Waals surface area contributed by atoms with Crippen LogP contribution in [-0.2, 0) is 15.3 Å². The summed E-state index contributed by atoms with van der Waals surface area (Å²) in [5.41, 5.74) is 3.89. The van der Waals surface area contributed by atoms with E-state index < -0.39 is 11.8 Å². The first-order valence-corrected chi connectivity index (χ1v) is 10.8. The molecule has 9 heteroatoms. The largest absolute Gasteiger partial charge is 0.322 e. The molecule has 164 valence electrons. The molecule has 0 bridgehead atoms. The summed E-state index contributed by atoms with van der Waals surface area (Å²) in [6.07, 6.45) is 3.11. The van der Waals surface area contributed by atoms with Gasteiger partial charge in [-0.3, -0.25) is 14.4 Å². The lowest BCUT2D eigenvalue weighted by molar-refractivity contribution is -0.124. The van der Waals surface area contributed by atoms with E-state index in [0.717, 1.165) is 21.7 Å². The quantitative estimate of drug-likeness (QED) is 0.568. The Morgan fingerprint density at radius 2 is 1.66 bits per heavy atom. The van der Waals surface area contributed by atoms with Crippen LogP contribution in [0.2, 0.25) is 0 Å². The van der Waals surface area contributed by atoms with E-state index in [1.54, 1.807) is 24.4 Å². The number of hydrogen-bond donors (Lipinski definition) is 1. The van der Waals surface area contributed by atoms with Crippen LogP contribution in [0.5, 0.6) is 0 Å². The van der Waals surface area contributed by atoms with Crippen LogP contribution in [0.1, 0.15) is 41.0 Å². The summed E-state index contributed by atoms with van der Waals surface area (Å²) in [5.74, 6) is -0.778. The van der Waals surface area contributed by atoms with Gasteiger partial charge in [0.05, 0.1) is 11.3 Å². The summed E-state index contributed by atoms with van der Waals surface area (Å²) >= 11 is 1.33. The molecule has 8 nitrogen and oxygen atoms in total. The van der Waals surface area contributed by atoms with Gasteiger partial charge in [0.1, 0.15) is 5.03 Å². The zero-order valence-electron chi connectivity index (χ0n) is 18.2. The summed E-state index contributed by atoms with van der Waals surface area (Å²) < 4.78 is 0. The van der Waals surface area contributed by atoms with E-state index >= 15 is 0 Å². The highest BCUT2D eigenvalue weighted by atomic mass is 32.2. The van der Waals surface area contributed by atoms with Crippen LogP contribution in [0, 0.1) is 13.8 Å². The van der Waals surface area contributed by atoms with Crippen molar-refractivity contribution in [2.45, 2.75) is 38.5 Å². The summed E-state index contributed by atoms with van der Waals surface area (Å²) in [7, 11) is 0. The second-order valence-electron chi connectivity index (χ2n) is 7.20. The van der Waals surface area contributed by atoms with Crippen LogP contribution >= 0.6 is 11.8 Å². The fourth-order valence-electron chi connectivity index (χ4n) is 3.14. The molecule has 0 unspecified atom stereocenters. The van der Waals surface area contributed by atoms with Gasteiger partial charge in [0, 0.05) is 37.7 Å². The van der Waals surface area contributed by atoms with Crippen LogP contribution in [-0.4, -0.2) is 32.7 Å². The highest BCUT2D eigenvalue weighted by Gasteiger charge is 2.20. The second kappa shape index (κ2) is 10.1. The number of carbonyl (C=O) groups is 3. The summed E-state index contributed by atoms with van der Waals surface area (Å²) in [4.78, 5) is 50.0. The Morgan fingerprint density at radius 1 is 0.969 bits per heavy atom. The smallest absolute Gasteiger partial charge is 0.258 e. The van der Waals surface area contributed by atoms with Crippen LogP contribution < -0.4 is 10.2 Å². The van der Waals surface area contributed by atoms with Crippen molar-refractivity contribution >= 4 is 41.1 Å². The molecule has 2 aromatic heterocycles. The van der Waals surface area contributed by atoms with Crippen molar-refractivity contribution in [3.8, 4) is 0 Å². The lowest BCUT2D eigenvalue weighted by Crippen LogP contribution is -2.34. The molecule has 0 spiro atoms. The number of anilines is 2. The maximum Gasteiger partial charge on any atom is 0.258 e. The molecule has 3 aromatic rings. The predicted octanol–water partition coefficient (Wildman–Crippen LogP) is 3.93. The number of rotatable bonds is 6. The lowest BCUT2D eigenvalue weighted by atomic mass is 10.1. The Hall–Kier alpha value is -3.59. The van der Waals surface area contributed by atoms with Crippen molar-refractivity contribution in [2.75, 3.05) is 10.2 Å². The van der Waals surface area contributed by atoms with Gasteiger partial charge >= 0.3 is 0 Å². The van der Waals surface area contributed by atoms with Crippen LogP contribution in [0.15, 0.2) is 53.8 Å². The topological polar surface area (TPSA) is 105 Å². The van der Waals surface area contributed by atoms with Crippen LogP contribution in [0.4, 0.5) is 11.6 Å². The molecule has 32 heavy (non-hydrogen) atoms. The molecular formula is C23H23N5O3S. The molecule has 0 fully saturated rings. The third-order valence-electron chi connectivity index (χ3n) is 4.38. The monoisotopic (exact) mass is 449 g/mol. The number of aryl methyl sites for hydroxylation is 2. The SMILES string of the molecule is CC(=O)N(C(C)=O)c1nccc(CSc2ncccc2C(=O)Nc2cc(C)cc(C)c2)n1. The van der Waals surface area contributed by atoms with Gasteiger partial charge in [-0.25, -0.2) is 19.9 Å². The van der Waals surface area contributed by atoms with Gasteiger partial charge in [0.25, 0.3) is 5.91 Å². The predicted molar refractivity (Wildman–Crippen MR) is 124 cm³/mol. The van der Waals surface area contributed by atoms with Gasteiger partial charge in [-0.15, -0.1) is 0 Å². The minimum Gasteiger partial charge on any atom is -0.322 e. The number of benzene rings is 1. The van der Waals surface area contributed by atoms with E-state index in [1.807, 2.05) is 32.0 Å². The summed E-state index contributed by atoms with van der Waals surface area (Å²) in [5, 5.41) is 3.47. The third-order valence-corrected chi connectivity index (χ3v) is 5.42. The molecule has 3 amide bonds. The normalized spacial score (nSPS) is 10.5. The highest BCUT2D eigenvalue weighted by molar-refractivity contribution is 7.98. The number of thioether (sulfide) groups is 1. The molecule has 0 atom stereocenters. The van der Waals surface area contributed by atoms with Crippen molar-refractivity contribution in [3.05, 3.63) is 71.2 Å². The number of pyridine rings is 1. The third kappa shape index (κ3) is 5.76. The fourth-order valence-corrected chi connectivity index (χ4v) is 4.04.